The number of hydrogen-bond donors (Lipinski definition) is 1. The number of nitro benzene ring substituents is 1. The molecule has 154 valence electrons. The van der Waals surface area contributed by atoms with Gasteiger partial charge in [-0.05, 0) is 37.8 Å². The van der Waals surface area contributed by atoms with Gasteiger partial charge in [0, 0.05) is 31.3 Å². The lowest BCUT2D eigenvalue weighted by molar-refractivity contribution is -0.387. The third-order valence-corrected chi connectivity index (χ3v) is 6.85. The fourth-order valence-electron chi connectivity index (χ4n) is 4.20. The Labute approximate surface area is 165 Å². The maximum absolute atomic E-state index is 12.4. The number of carbonyl (C=O) groups is 1. The molecular formula is C19H27N3O5S. The van der Waals surface area contributed by atoms with E-state index in [-0.39, 0.29) is 28.4 Å². The fraction of sp³-hybridized carbons (Fsp3) is 0.632. The number of anilines is 1. The van der Waals surface area contributed by atoms with Gasteiger partial charge in [0.1, 0.15) is 10.6 Å². The van der Waals surface area contributed by atoms with Gasteiger partial charge in [-0.15, -0.1) is 0 Å². The summed E-state index contributed by atoms with van der Waals surface area (Å²) in [7, 11) is -3.70. The van der Waals surface area contributed by atoms with Gasteiger partial charge < -0.3 is 10.2 Å². The maximum atomic E-state index is 12.4. The molecule has 0 bridgehead atoms. The van der Waals surface area contributed by atoms with Crippen molar-refractivity contribution < 1.29 is 18.1 Å². The molecule has 0 radical (unpaired) electrons. The minimum atomic E-state index is -3.70. The van der Waals surface area contributed by atoms with Gasteiger partial charge in [0.15, 0.2) is 9.84 Å². The van der Waals surface area contributed by atoms with Crippen LogP contribution in [0.15, 0.2) is 23.1 Å². The number of nitro groups is 1. The molecule has 2 aliphatic rings. The Morgan fingerprint density at radius 3 is 2.36 bits per heavy atom. The molecule has 3 rings (SSSR count). The van der Waals surface area contributed by atoms with Crippen molar-refractivity contribution in [2.75, 3.05) is 24.2 Å². The van der Waals surface area contributed by atoms with Crippen molar-refractivity contribution in [3.8, 4) is 0 Å². The molecule has 0 unspecified atom stereocenters. The normalized spacial score (nSPS) is 19.4. The summed E-state index contributed by atoms with van der Waals surface area (Å²) in [5, 5.41) is 14.7. The van der Waals surface area contributed by atoms with Crippen LogP contribution in [-0.2, 0) is 14.6 Å². The van der Waals surface area contributed by atoms with Gasteiger partial charge in [-0.25, -0.2) is 8.42 Å². The summed E-state index contributed by atoms with van der Waals surface area (Å²) in [6.07, 6.45) is 7.66. The van der Waals surface area contributed by atoms with Gasteiger partial charge in [-0.1, -0.05) is 25.3 Å². The summed E-state index contributed by atoms with van der Waals surface area (Å²) in [5.74, 6) is 0.238. The Kier molecular flexibility index (Phi) is 6.22. The predicted octanol–water partition coefficient (Wildman–Crippen LogP) is 2.66. The number of para-hydroxylation sites is 1. The van der Waals surface area contributed by atoms with E-state index in [0.29, 0.717) is 31.6 Å². The van der Waals surface area contributed by atoms with Gasteiger partial charge >= 0.3 is 5.69 Å². The largest absolute Gasteiger partial charge is 0.366 e. The molecule has 1 aromatic carbocycles. The van der Waals surface area contributed by atoms with Gasteiger partial charge in [-0.2, -0.15) is 0 Å². The average Bonchev–Trinajstić information content (AvgIpc) is 2.68. The Balaban J connectivity index is 1.68. The lowest BCUT2D eigenvalue weighted by Gasteiger charge is -2.34. The summed E-state index contributed by atoms with van der Waals surface area (Å²) in [6.45, 7) is 1.06. The van der Waals surface area contributed by atoms with Crippen LogP contribution < -0.4 is 10.2 Å². The number of amides is 1. The Hall–Kier alpha value is -2.16. The standard InChI is InChI=1S/C19H27N3O5S/c1-28(26,27)17-9-5-8-16(18(17)22(24)25)21-12-10-15(11-13-21)20-19(23)14-6-3-2-4-7-14/h5,8-9,14-15H,2-4,6-7,10-13H2,1H3,(H,20,23). The molecule has 1 amide bonds. The topological polar surface area (TPSA) is 110 Å². The molecule has 1 saturated heterocycles. The highest BCUT2D eigenvalue weighted by Crippen LogP contribution is 2.36. The third kappa shape index (κ3) is 4.63. The highest BCUT2D eigenvalue weighted by Gasteiger charge is 2.31. The lowest BCUT2D eigenvalue weighted by atomic mass is 9.88. The Morgan fingerprint density at radius 1 is 1.14 bits per heavy atom. The minimum absolute atomic E-state index is 0.0582. The van der Waals surface area contributed by atoms with Crippen molar-refractivity contribution in [3.05, 3.63) is 28.3 Å². The summed E-state index contributed by atoms with van der Waals surface area (Å²) >= 11 is 0. The van der Waals surface area contributed by atoms with E-state index in [2.05, 4.69) is 5.32 Å². The van der Waals surface area contributed by atoms with E-state index in [1.807, 2.05) is 4.90 Å². The van der Waals surface area contributed by atoms with E-state index in [4.69, 9.17) is 0 Å². The molecule has 2 fully saturated rings. The van der Waals surface area contributed by atoms with Crippen LogP contribution in [0, 0.1) is 16.0 Å². The second-order valence-corrected chi connectivity index (χ2v) is 9.74. The van der Waals surface area contributed by atoms with Crippen LogP contribution in [0.5, 0.6) is 0 Å². The molecule has 0 aromatic heterocycles. The number of nitrogens with one attached hydrogen (secondary N) is 1. The molecule has 0 atom stereocenters. The van der Waals surface area contributed by atoms with Crippen molar-refractivity contribution in [1.29, 1.82) is 0 Å². The number of rotatable bonds is 5. The van der Waals surface area contributed by atoms with Crippen LogP contribution in [0.3, 0.4) is 0 Å². The first-order valence-electron chi connectivity index (χ1n) is 9.80. The van der Waals surface area contributed by atoms with Crippen LogP contribution >= 0.6 is 0 Å². The number of piperidine rings is 1. The third-order valence-electron chi connectivity index (χ3n) is 5.72. The van der Waals surface area contributed by atoms with Crippen molar-refractivity contribution in [2.45, 2.75) is 55.9 Å². The van der Waals surface area contributed by atoms with Crippen molar-refractivity contribution >= 4 is 27.1 Å². The van der Waals surface area contributed by atoms with Crippen LogP contribution in [0.1, 0.15) is 44.9 Å². The number of benzene rings is 1. The molecule has 8 nitrogen and oxygen atoms in total. The van der Waals surface area contributed by atoms with E-state index in [1.54, 1.807) is 6.07 Å². The van der Waals surface area contributed by atoms with E-state index in [1.165, 1.54) is 18.6 Å². The van der Waals surface area contributed by atoms with Gasteiger partial charge in [0.25, 0.3) is 0 Å². The molecule has 28 heavy (non-hydrogen) atoms. The van der Waals surface area contributed by atoms with E-state index in [9.17, 15) is 23.3 Å². The smallest absolute Gasteiger partial charge is 0.311 e. The number of carbonyl (C=O) groups excluding carboxylic acids is 1. The molecular weight excluding hydrogens is 382 g/mol. The first kappa shape index (κ1) is 20.6. The predicted molar refractivity (Wildman–Crippen MR) is 106 cm³/mol. The Bertz CT molecular complexity index is 841. The molecule has 1 aromatic rings. The van der Waals surface area contributed by atoms with Crippen LogP contribution in [-0.4, -0.2) is 44.6 Å². The van der Waals surface area contributed by atoms with Crippen molar-refractivity contribution in [1.82, 2.24) is 5.32 Å². The average molecular weight is 410 g/mol. The molecule has 1 aliphatic heterocycles. The quantitative estimate of drug-likeness (QED) is 0.591. The van der Waals surface area contributed by atoms with Gasteiger partial charge in [0.05, 0.1) is 4.92 Å². The molecule has 1 heterocycles. The van der Waals surface area contributed by atoms with Crippen LogP contribution in [0.25, 0.3) is 0 Å². The zero-order valence-electron chi connectivity index (χ0n) is 16.1. The first-order chi connectivity index (χ1) is 13.3. The molecule has 1 N–H and O–H groups in total. The second-order valence-electron chi connectivity index (χ2n) is 7.76. The van der Waals surface area contributed by atoms with E-state index < -0.39 is 14.8 Å². The van der Waals surface area contributed by atoms with E-state index in [0.717, 1.165) is 31.9 Å². The molecule has 1 aliphatic carbocycles. The van der Waals surface area contributed by atoms with Crippen LogP contribution in [0.4, 0.5) is 11.4 Å². The maximum Gasteiger partial charge on any atom is 0.311 e. The summed E-state index contributed by atoms with van der Waals surface area (Å²) in [6, 6.07) is 4.46. The van der Waals surface area contributed by atoms with Crippen LogP contribution in [0.2, 0.25) is 0 Å². The summed E-state index contributed by atoms with van der Waals surface area (Å²) < 4.78 is 23.9. The monoisotopic (exact) mass is 409 g/mol. The Morgan fingerprint density at radius 2 is 1.79 bits per heavy atom. The zero-order chi connectivity index (χ0) is 20.3. The zero-order valence-corrected chi connectivity index (χ0v) is 16.9. The highest BCUT2D eigenvalue weighted by molar-refractivity contribution is 7.90. The molecule has 9 heteroatoms. The number of hydrogen-bond acceptors (Lipinski definition) is 6. The minimum Gasteiger partial charge on any atom is -0.366 e. The van der Waals surface area contributed by atoms with Gasteiger partial charge in [0.2, 0.25) is 5.91 Å². The second kappa shape index (κ2) is 8.46. The fourth-order valence-corrected chi connectivity index (χ4v) is 5.05. The highest BCUT2D eigenvalue weighted by atomic mass is 32.2. The van der Waals surface area contributed by atoms with E-state index >= 15 is 0 Å². The van der Waals surface area contributed by atoms with Gasteiger partial charge in [-0.3, -0.25) is 14.9 Å². The SMILES string of the molecule is CS(=O)(=O)c1cccc(N2CCC(NC(=O)C3CCCCC3)CC2)c1[N+](=O)[O-]. The molecule has 1 saturated carbocycles. The summed E-state index contributed by atoms with van der Waals surface area (Å²) in [5.41, 5.74) is -0.0420. The summed E-state index contributed by atoms with van der Waals surface area (Å²) in [4.78, 5) is 25.0. The number of sulfone groups is 1. The number of nitrogens with zero attached hydrogens (tertiary/aromatic N) is 2. The van der Waals surface area contributed by atoms with Crippen molar-refractivity contribution in [3.63, 3.8) is 0 Å². The molecule has 0 spiro atoms. The van der Waals surface area contributed by atoms with Crippen molar-refractivity contribution in [2.24, 2.45) is 5.92 Å². The lowest BCUT2D eigenvalue weighted by Crippen LogP contribution is -2.46. The first-order valence-corrected chi connectivity index (χ1v) is 11.7.